The van der Waals surface area contributed by atoms with Crippen LogP contribution >= 0.6 is 0 Å². The molecule has 0 N–H and O–H groups in total. The molecule has 0 bridgehead atoms. The van der Waals surface area contributed by atoms with Gasteiger partial charge in [0.1, 0.15) is 0 Å². The maximum atomic E-state index is 4.98. The van der Waals surface area contributed by atoms with Crippen molar-refractivity contribution in [3.63, 3.8) is 0 Å². The summed E-state index contributed by atoms with van der Waals surface area (Å²) < 4.78 is 6.78. The summed E-state index contributed by atoms with van der Waals surface area (Å²) in [5.41, 5.74) is 0. The molecule has 0 aliphatic rings. The first-order valence-electron chi connectivity index (χ1n) is 3.23. The van der Waals surface area contributed by atoms with E-state index < -0.39 is 0 Å². The molecule has 0 amide bonds. The van der Waals surface area contributed by atoms with E-state index in [0.717, 1.165) is 5.75 Å². The lowest BCUT2D eigenvalue weighted by molar-refractivity contribution is 0.410. The van der Waals surface area contributed by atoms with Crippen molar-refractivity contribution in [2.45, 2.75) is 0 Å². The van der Waals surface area contributed by atoms with Crippen molar-refractivity contribution in [3.05, 3.63) is 24.8 Å². The van der Waals surface area contributed by atoms with Crippen molar-refractivity contribution in [3.8, 4) is 5.75 Å². The van der Waals surface area contributed by atoms with Crippen LogP contribution in [0.25, 0.3) is 5.78 Å². The van der Waals surface area contributed by atoms with Crippen LogP contribution in [0.4, 0.5) is 0 Å². The summed E-state index contributed by atoms with van der Waals surface area (Å²) in [6.45, 7) is 0. The lowest BCUT2D eigenvalue weighted by atomic mass is 10.6. The number of imidazole rings is 1. The van der Waals surface area contributed by atoms with Gasteiger partial charge in [0, 0.05) is 12.4 Å². The van der Waals surface area contributed by atoms with E-state index >= 15 is 0 Å². The Morgan fingerprint density at radius 2 is 2.36 bits per heavy atom. The summed E-state index contributed by atoms with van der Waals surface area (Å²) in [4.78, 5) is 8.03. The molecular formula is C7H7N3O. The lowest BCUT2D eigenvalue weighted by Crippen LogP contribution is -1.90. The molecule has 0 aromatic carbocycles. The number of nitrogens with zero attached hydrogens (tertiary/aromatic N) is 3. The molecule has 0 atom stereocenters. The van der Waals surface area contributed by atoms with Crippen LogP contribution in [0.1, 0.15) is 0 Å². The van der Waals surface area contributed by atoms with Crippen LogP contribution in [0.15, 0.2) is 24.8 Å². The molecule has 0 aliphatic heterocycles. The first-order valence-corrected chi connectivity index (χ1v) is 3.23. The van der Waals surface area contributed by atoms with Gasteiger partial charge in [-0.25, -0.2) is 9.97 Å². The molecule has 2 aromatic rings. The van der Waals surface area contributed by atoms with E-state index in [-0.39, 0.29) is 0 Å². The van der Waals surface area contributed by atoms with E-state index in [1.165, 1.54) is 0 Å². The number of ether oxygens (including phenoxy) is 1. The molecule has 2 rings (SSSR count). The molecule has 4 heteroatoms. The summed E-state index contributed by atoms with van der Waals surface area (Å²) in [5, 5.41) is 0. The van der Waals surface area contributed by atoms with E-state index in [2.05, 4.69) is 9.97 Å². The third-order valence-corrected chi connectivity index (χ3v) is 1.46. The highest BCUT2D eigenvalue weighted by molar-refractivity contribution is 5.30. The topological polar surface area (TPSA) is 39.4 Å². The quantitative estimate of drug-likeness (QED) is 0.600. The number of fused-ring (bicyclic) bond motifs is 1. The monoisotopic (exact) mass is 149 g/mol. The van der Waals surface area contributed by atoms with Crippen molar-refractivity contribution < 1.29 is 4.74 Å². The van der Waals surface area contributed by atoms with Gasteiger partial charge in [0.2, 0.25) is 5.78 Å². The minimum atomic E-state index is 0.686. The molecule has 0 saturated carbocycles. The van der Waals surface area contributed by atoms with E-state index in [1.807, 2.05) is 12.4 Å². The van der Waals surface area contributed by atoms with E-state index in [4.69, 9.17) is 4.74 Å². The summed E-state index contributed by atoms with van der Waals surface area (Å²) in [7, 11) is 1.61. The number of hydrogen-bond acceptors (Lipinski definition) is 3. The van der Waals surface area contributed by atoms with Gasteiger partial charge < -0.3 is 4.74 Å². The molecule has 0 radical (unpaired) electrons. The molecule has 0 unspecified atom stereocenters. The Labute approximate surface area is 63.5 Å². The molecule has 0 aliphatic carbocycles. The first-order chi connectivity index (χ1) is 5.40. The van der Waals surface area contributed by atoms with Crippen LogP contribution in [-0.4, -0.2) is 21.5 Å². The smallest absolute Gasteiger partial charge is 0.233 e. The van der Waals surface area contributed by atoms with Crippen LogP contribution in [0, 0.1) is 0 Å². The molecule has 4 nitrogen and oxygen atoms in total. The van der Waals surface area contributed by atoms with Crippen molar-refractivity contribution in [2.24, 2.45) is 0 Å². The molecule has 0 spiro atoms. The Balaban J connectivity index is 2.67. The molecule has 56 valence electrons. The van der Waals surface area contributed by atoms with Crippen LogP contribution in [-0.2, 0) is 0 Å². The fourth-order valence-electron chi connectivity index (χ4n) is 0.903. The van der Waals surface area contributed by atoms with Crippen molar-refractivity contribution in [1.29, 1.82) is 0 Å². The van der Waals surface area contributed by atoms with Crippen LogP contribution < -0.4 is 4.74 Å². The van der Waals surface area contributed by atoms with Gasteiger partial charge in [-0.1, -0.05) is 0 Å². The van der Waals surface area contributed by atoms with E-state index in [9.17, 15) is 0 Å². The second-order valence-electron chi connectivity index (χ2n) is 2.13. The van der Waals surface area contributed by atoms with Gasteiger partial charge in [-0.3, -0.25) is 4.40 Å². The van der Waals surface area contributed by atoms with Gasteiger partial charge in [-0.15, -0.1) is 0 Å². The highest BCUT2D eigenvalue weighted by Gasteiger charge is 1.95. The molecular weight excluding hydrogens is 142 g/mol. The molecule has 2 heterocycles. The largest absolute Gasteiger partial charge is 0.494 e. The van der Waals surface area contributed by atoms with Crippen LogP contribution in [0.2, 0.25) is 0 Å². The zero-order valence-electron chi connectivity index (χ0n) is 6.06. The summed E-state index contributed by atoms with van der Waals surface area (Å²) in [6, 6.07) is 0. The highest BCUT2D eigenvalue weighted by Crippen LogP contribution is 2.07. The summed E-state index contributed by atoms with van der Waals surface area (Å²) >= 11 is 0. The van der Waals surface area contributed by atoms with E-state index in [0.29, 0.717) is 5.78 Å². The van der Waals surface area contributed by atoms with Crippen molar-refractivity contribution in [2.75, 3.05) is 7.11 Å². The number of rotatable bonds is 1. The van der Waals surface area contributed by atoms with E-state index in [1.54, 1.807) is 23.9 Å². The molecule has 11 heavy (non-hydrogen) atoms. The molecule has 0 saturated heterocycles. The second-order valence-corrected chi connectivity index (χ2v) is 2.13. The summed E-state index contributed by atoms with van der Waals surface area (Å²) in [5.74, 6) is 1.42. The lowest BCUT2D eigenvalue weighted by Gasteiger charge is -1.97. The molecule has 2 aromatic heterocycles. The number of methoxy groups -OCH3 is 1. The Bertz CT molecular complexity index is 368. The Kier molecular flexibility index (Phi) is 1.25. The number of aromatic nitrogens is 3. The van der Waals surface area contributed by atoms with Gasteiger partial charge >= 0.3 is 0 Å². The standard InChI is InChI=1S/C7H7N3O/c1-11-6-4-9-7-8-2-3-10(7)5-6/h2-5H,1H3. The second kappa shape index (κ2) is 2.23. The Morgan fingerprint density at radius 1 is 1.45 bits per heavy atom. The minimum Gasteiger partial charge on any atom is -0.494 e. The minimum absolute atomic E-state index is 0.686. The first kappa shape index (κ1) is 6.15. The van der Waals surface area contributed by atoms with Crippen LogP contribution in [0.5, 0.6) is 5.75 Å². The average Bonchev–Trinajstić information content (AvgIpc) is 2.50. The predicted molar refractivity (Wildman–Crippen MR) is 39.5 cm³/mol. The average molecular weight is 149 g/mol. The molecule has 0 fully saturated rings. The van der Waals surface area contributed by atoms with Gasteiger partial charge in [0.15, 0.2) is 5.75 Å². The SMILES string of the molecule is COc1cnc2nccn2c1. The van der Waals surface area contributed by atoms with Gasteiger partial charge in [-0.2, -0.15) is 0 Å². The summed E-state index contributed by atoms with van der Waals surface area (Å²) in [6.07, 6.45) is 6.99. The highest BCUT2D eigenvalue weighted by atomic mass is 16.5. The van der Waals surface area contributed by atoms with Gasteiger partial charge in [0.25, 0.3) is 0 Å². The zero-order valence-corrected chi connectivity index (χ0v) is 6.06. The van der Waals surface area contributed by atoms with Gasteiger partial charge in [0.05, 0.1) is 19.5 Å². The normalized spacial score (nSPS) is 10.3. The fraction of sp³-hybridized carbons (Fsp3) is 0.143. The maximum absolute atomic E-state index is 4.98. The zero-order chi connectivity index (χ0) is 7.68. The third-order valence-electron chi connectivity index (χ3n) is 1.46. The maximum Gasteiger partial charge on any atom is 0.233 e. The van der Waals surface area contributed by atoms with Crippen molar-refractivity contribution >= 4 is 5.78 Å². The Hall–Kier alpha value is -1.58. The van der Waals surface area contributed by atoms with Gasteiger partial charge in [-0.05, 0) is 0 Å². The van der Waals surface area contributed by atoms with Crippen LogP contribution in [0.3, 0.4) is 0 Å². The Morgan fingerprint density at radius 3 is 3.18 bits per heavy atom. The predicted octanol–water partition coefficient (Wildman–Crippen LogP) is 0.738. The fourth-order valence-corrected chi connectivity index (χ4v) is 0.903. The van der Waals surface area contributed by atoms with Crippen molar-refractivity contribution in [1.82, 2.24) is 14.4 Å². The number of hydrogen-bond donors (Lipinski definition) is 0. The third kappa shape index (κ3) is 0.920.